The Hall–Kier alpha value is -1.07. The molecule has 0 saturated carbocycles. The van der Waals surface area contributed by atoms with Crippen LogP contribution in [0, 0.1) is 3.57 Å². The lowest BCUT2D eigenvalue weighted by atomic mass is 10.1. The molecule has 0 amide bonds. The maximum Gasteiger partial charge on any atom is 0.124 e. The van der Waals surface area contributed by atoms with Crippen molar-refractivity contribution < 1.29 is 4.74 Å². The Bertz CT molecular complexity index is 508. The van der Waals surface area contributed by atoms with Crippen molar-refractivity contribution in [3.05, 3.63) is 63.2 Å². The topological polar surface area (TPSA) is 35.2 Å². The van der Waals surface area contributed by atoms with Gasteiger partial charge in [0.25, 0.3) is 0 Å². The molecule has 18 heavy (non-hydrogen) atoms. The predicted molar refractivity (Wildman–Crippen MR) is 82.5 cm³/mol. The Morgan fingerprint density at radius 2 is 1.78 bits per heavy atom. The summed E-state index contributed by atoms with van der Waals surface area (Å²) in [7, 11) is 0. The second-order valence-electron chi connectivity index (χ2n) is 4.24. The number of halogens is 1. The first kappa shape index (κ1) is 13.4. The number of hydrogen-bond donors (Lipinski definition) is 1. The molecule has 0 aromatic heterocycles. The van der Waals surface area contributed by atoms with E-state index in [1.807, 2.05) is 31.2 Å². The average molecular weight is 353 g/mol. The lowest BCUT2D eigenvalue weighted by Crippen LogP contribution is -2.07. The van der Waals surface area contributed by atoms with Crippen molar-refractivity contribution in [3.63, 3.8) is 0 Å². The largest absolute Gasteiger partial charge is 0.489 e. The van der Waals surface area contributed by atoms with Crippen LogP contribution in [-0.4, -0.2) is 0 Å². The van der Waals surface area contributed by atoms with E-state index in [0.29, 0.717) is 6.61 Å². The molecule has 0 unspecified atom stereocenters. The number of ether oxygens (including phenoxy) is 1. The molecule has 1 atom stereocenters. The van der Waals surface area contributed by atoms with Crippen molar-refractivity contribution in [2.45, 2.75) is 19.6 Å². The Labute approximate surface area is 121 Å². The van der Waals surface area contributed by atoms with Gasteiger partial charge in [0, 0.05) is 15.2 Å². The van der Waals surface area contributed by atoms with Crippen molar-refractivity contribution in [2.75, 3.05) is 0 Å². The summed E-state index contributed by atoms with van der Waals surface area (Å²) in [5, 5.41) is 0. The summed E-state index contributed by atoms with van der Waals surface area (Å²) in [6.45, 7) is 2.54. The SMILES string of the molecule is C[C@H](N)c1ccccc1OCc1ccc(I)cc1. The van der Waals surface area contributed by atoms with Crippen LogP contribution in [0.15, 0.2) is 48.5 Å². The van der Waals surface area contributed by atoms with E-state index >= 15 is 0 Å². The lowest BCUT2D eigenvalue weighted by Gasteiger charge is -2.13. The molecule has 0 radical (unpaired) electrons. The third kappa shape index (κ3) is 3.46. The van der Waals surface area contributed by atoms with Gasteiger partial charge in [-0.3, -0.25) is 0 Å². The van der Waals surface area contributed by atoms with Gasteiger partial charge in [-0.05, 0) is 53.3 Å². The minimum absolute atomic E-state index is 0.0158. The first-order valence-electron chi connectivity index (χ1n) is 5.88. The summed E-state index contributed by atoms with van der Waals surface area (Å²) in [5.41, 5.74) is 8.13. The molecule has 2 rings (SSSR count). The van der Waals surface area contributed by atoms with Crippen molar-refractivity contribution in [2.24, 2.45) is 5.73 Å². The van der Waals surface area contributed by atoms with Crippen LogP contribution >= 0.6 is 22.6 Å². The summed E-state index contributed by atoms with van der Waals surface area (Å²) in [4.78, 5) is 0. The molecule has 3 heteroatoms. The highest BCUT2D eigenvalue weighted by Gasteiger charge is 2.06. The molecular weight excluding hydrogens is 337 g/mol. The van der Waals surface area contributed by atoms with Crippen molar-refractivity contribution in [1.82, 2.24) is 0 Å². The summed E-state index contributed by atoms with van der Waals surface area (Å²) in [5.74, 6) is 0.867. The first-order chi connectivity index (χ1) is 8.66. The summed E-state index contributed by atoms with van der Waals surface area (Å²) in [6.07, 6.45) is 0. The van der Waals surface area contributed by atoms with Crippen LogP contribution in [0.1, 0.15) is 24.1 Å². The van der Waals surface area contributed by atoms with Gasteiger partial charge in [-0.15, -0.1) is 0 Å². The molecule has 0 spiro atoms. The predicted octanol–water partition coefficient (Wildman–Crippen LogP) is 3.89. The van der Waals surface area contributed by atoms with E-state index in [1.54, 1.807) is 0 Å². The van der Waals surface area contributed by atoms with Crippen LogP contribution in [0.4, 0.5) is 0 Å². The van der Waals surface area contributed by atoms with Crippen LogP contribution < -0.4 is 10.5 Å². The number of para-hydroxylation sites is 1. The van der Waals surface area contributed by atoms with E-state index in [2.05, 4.69) is 46.9 Å². The van der Waals surface area contributed by atoms with Crippen LogP contribution in [0.25, 0.3) is 0 Å². The molecule has 2 N–H and O–H groups in total. The molecule has 2 aromatic rings. The maximum atomic E-state index is 5.92. The molecule has 0 fully saturated rings. The van der Waals surface area contributed by atoms with E-state index in [9.17, 15) is 0 Å². The van der Waals surface area contributed by atoms with Crippen LogP contribution in [0.2, 0.25) is 0 Å². The van der Waals surface area contributed by atoms with E-state index in [1.165, 1.54) is 3.57 Å². The monoisotopic (exact) mass is 353 g/mol. The lowest BCUT2D eigenvalue weighted by molar-refractivity contribution is 0.301. The van der Waals surface area contributed by atoms with Crippen LogP contribution in [0.3, 0.4) is 0 Å². The number of nitrogens with two attached hydrogens (primary N) is 1. The van der Waals surface area contributed by atoms with Gasteiger partial charge in [-0.25, -0.2) is 0 Å². The van der Waals surface area contributed by atoms with E-state index < -0.39 is 0 Å². The number of hydrogen-bond acceptors (Lipinski definition) is 2. The van der Waals surface area contributed by atoms with E-state index in [4.69, 9.17) is 10.5 Å². The quantitative estimate of drug-likeness (QED) is 0.847. The highest BCUT2D eigenvalue weighted by atomic mass is 127. The Balaban J connectivity index is 2.08. The van der Waals surface area contributed by atoms with Gasteiger partial charge >= 0.3 is 0 Å². The summed E-state index contributed by atoms with van der Waals surface area (Å²) >= 11 is 2.29. The summed E-state index contributed by atoms with van der Waals surface area (Å²) < 4.78 is 7.07. The van der Waals surface area contributed by atoms with Gasteiger partial charge in [0.05, 0.1) is 0 Å². The Kier molecular flexibility index (Phi) is 4.60. The normalized spacial score (nSPS) is 12.2. The van der Waals surface area contributed by atoms with Gasteiger partial charge in [-0.1, -0.05) is 30.3 Å². The van der Waals surface area contributed by atoms with Crippen molar-refractivity contribution in [1.29, 1.82) is 0 Å². The van der Waals surface area contributed by atoms with Crippen LogP contribution in [-0.2, 0) is 6.61 Å². The zero-order chi connectivity index (χ0) is 13.0. The van der Waals surface area contributed by atoms with Crippen LogP contribution in [0.5, 0.6) is 5.75 Å². The smallest absolute Gasteiger partial charge is 0.124 e. The fourth-order valence-corrected chi connectivity index (χ4v) is 2.09. The van der Waals surface area contributed by atoms with Gasteiger partial charge in [0.15, 0.2) is 0 Å². The molecule has 94 valence electrons. The molecule has 0 aliphatic carbocycles. The standard InChI is InChI=1S/C15H16INO/c1-11(17)14-4-2-3-5-15(14)18-10-12-6-8-13(16)9-7-12/h2-9,11H,10,17H2,1H3/t11-/m0/s1. The molecule has 0 aliphatic rings. The maximum absolute atomic E-state index is 5.92. The van der Waals surface area contributed by atoms with Gasteiger partial charge < -0.3 is 10.5 Å². The minimum Gasteiger partial charge on any atom is -0.489 e. The van der Waals surface area contributed by atoms with Gasteiger partial charge in [0.2, 0.25) is 0 Å². The number of rotatable bonds is 4. The Morgan fingerprint density at radius 1 is 1.11 bits per heavy atom. The molecule has 2 aromatic carbocycles. The second-order valence-corrected chi connectivity index (χ2v) is 5.49. The summed E-state index contributed by atoms with van der Waals surface area (Å²) in [6, 6.07) is 16.2. The van der Waals surface area contributed by atoms with Crippen molar-refractivity contribution in [3.8, 4) is 5.75 Å². The fourth-order valence-electron chi connectivity index (χ4n) is 1.73. The molecule has 0 aliphatic heterocycles. The zero-order valence-electron chi connectivity index (χ0n) is 10.3. The highest BCUT2D eigenvalue weighted by Crippen LogP contribution is 2.24. The third-order valence-electron chi connectivity index (χ3n) is 2.72. The third-order valence-corrected chi connectivity index (χ3v) is 3.44. The van der Waals surface area contributed by atoms with Gasteiger partial charge in [-0.2, -0.15) is 0 Å². The minimum atomic E-state index is -0.0158. The van der Waals surface area contributed by atoms with Gasteiger partial charge in [0.1, 0.15) is 12.4 Å². The molecule has 2 nitrogen and oxygen atoms in total. The second kappa shape index (κ2) is 6.20. The first-order valence-corrected chi connectivity index (χ1v) is 6.96. The van der Waals surface area contributed by atoms with Crippen molar-refractivity contribution >= 4 is 22.6 Å². The van der Waals surface area contributed by atoms with E-state index in [0.717, 1.165) is 16.9 Å². The highest BCUT2D eigenvalue weighted by molar-refractivity contribution is 14.1. The zero-order valence-corrected chi connectivity index (χ0v) is 12.4. The molecule has 0 saturated heterocycles. The molecular formula is C15H16INO. The molecule has 0 heterocycles. The van der Waals surface area contributed by atoms with E-state index in [-0.39, 0.29) is 6.04 Å². The fraction of sp³-hybridized carbons (Fsp3) is 0.200. The molecule has 0 bridgehead atoms. The average Bonchev–Trinajstić information content (AvgIpc) is 2.38. The number of benzene rings is 2. The Morgan fingerprint density at radius 3 is 2.44 bits per heavy atom.